The summed E-state index contributed by atoms with van der Waals surface area (Å²) in [6.45, 7) is 4.82. The van der Waals surface area contributed by atoms with Crippen LogP contribution in [0.25, 0.3) is 0 Å². The number of carbonyl (C=O) groups excluding carboxylic acids is 4. The van der Waals surface area contributed by atoms with E-state index >= 15 is 0 Å². The van der Waals surface area contributed by atoms with E-state index in [1.807, 2.05) is 0 Å². The van der Waals surface area contributed by atoms with E-state index in [4.69, 9.17) is 22.9 Å². The summed E-state index contributed by atoms with van der Waals surface area (Å²) in [7, 11) is 0. The third-order valence-corrected chi connectivity index (χ3v) is 4.53. The Balaban J connectivity index is 5.57. The van der Waals surface area contributed by atoms with Crippen LogP contribution in [0.15, 0.2) is 4.99 Å². The molecule has 14 nitrogen and oxygen atoms in total. The highest BCUT2D eigenvalue weighted by molar-refractivity contribution is 5.94. The van der Waals surface area contributed by atoms with Gasteiger partial charge in [-0.05, 0) is 32.1 Å². The average Bonchev–Trinajstić information content (AvgIpc) is 2.69. The first-order valence-electron chi connectivity index (χ1n) is 10.5. The van der Waals surface area contributed by atoms with E-state index in [1.54, 1.807) is 13.8 Å². The highest BCUT2D eigenvalue weighted by Crippen LogP contribution is 2.07. The summed E-state index contributed by atoms with van der Waals surface area (Å²) in [5.41, 5.74) is 21.2. The van der Waals surface area contributed by atoms with Crippen molar-refractivity contribution in [2.75, 3.05) is 6.54 Å². The molecular formula is C19H36N8O6. The number of carboxylic acids is 1. The lowest BCUT2D eigenvalue weighted by Gasteiger charge is -2.25. The number of nitrogens with two attached hydrogens (primary N) is 4. The van der Waals surface area contributed by atoms with Gasteiger partial charge in [-0.1, -0.05) is 13.8 Å². The molecule has 0 bridgehead atoms. The maximum absolute atomic E-state index is 12.8. The zero-order valence-electron chi connectivity index (χ0n) is 19.2. The Hall–Kier alpha value is -3.42. The lowest BCUT2D eigenvalue weighted by molar-refractivity contribution is -0.143. The largest absolute Gasteiger partial charge is 0.480 e. The van der Waals surface area contributed by atoms with E-state index in [0.717, 1.165) is 0 Å². The molecule has 188 valence electrons. The monoisotopic (exact) mass is 472 g/mol. The lowest BCUT2D eigenvalue weighted by atomic mass is 10.0. The Bertz CT molecular complexity index is 736. The minimum absolute atomic E-state index is 0.0720. The van der Waals surface area contributed by atoms with Gasteiger partial charge < -0.3 is 44.0 Å². The second kappa shape index (κ2) is 14.6. The van der Waals surface area contributed by atoms with Crippen LogP contribution in [0.1, 0.15) is 46.5 Å². The Morgan fingerprint density at radius 3 is 1.82 bits per heavy atom. The van der Waals surface area contributed by atoms with E-state index in [2.05, 4.69) is 20.9 Å². The summed E-state index contributed by atoms with van der Waals surface area (Å²) < 4.78 is 0. The van der Waals surface area contributed by atoms with Gasteiger partial charge in [0.05, 0.1) is 6.04 Å². The quantitative estimate of drug-likeness (QED) is 0.0678. The molecule has 33 heavy (non-hydrogen) atoms. The molecule has 4 amide bonds. The molecule has 0 aliphatic carbocycles. The van der Waals surface area contributed by atoms with Gasteiger partial charge in [-0.15, -0.1) is 0 Å². The molecule has 0 radical (unpaired) electrons. The maximum Gasteiger partial charge on any atom is 0.326 e. The van der Waals surface area contributed by atoms with Crippen LogP contribution in [0.3, 0.4) is 0 Å². The van der Waals surface area contributed by atoms with Crippen LogP contribution in [-0.4, -0.2) is 71.4 Å². The molecule has 0 rings (SSSR count). The van der Waals surface area contributed by atoms with Crippen LogP contribution < -0.4 is 38.9 Å². The molecule has 0 fully saturated rings. The summed E-state index contributed by atoms with van der Waals surface area (Å²) in [6.07, 6.45) is 0.0369. The second-order valence-electron chi connectivity index (χ2n) is 7.93. The summed E-state index contributed by atoms with van der Waals surface area (Å²) >= 11 is 0. The molecule has 0 saturated heterocycles. The van der Waals surface area contributed by atoms with Crippen molar-refractivity contribution in [3.8, 4) is 0 Å². The number of guanidine groups is 1. The molecule has 4 atom stereocenters. The van der Waals surface area contributed by atoms with Crippen molar-refractivity contribution in [2.24, 2.45) is 33.8 Å². The number of amides is 4. The molecule has 0 aliphatic rings. The molecule has 14 heteroatoms. The molecule has 0 aliphatic heterocycles. The van der Waals surface area contributed by atoms with E-state index in [0.29, 0.717) is 0 Å². The van der Waals surface area contributed by atoms with Crippen LogP contribution in [-0.2, 0) is 24.0 Å². The van der Waals surface area contributed by atoms with Crippen molar-refractivity contribution < 1.29 is 29.1 Å². The van der Waals surface area contributed by atoms with E-state index < -0.39 is 59.7 Å². The highest BCUT2D eigenvalue weighted by atomic mass is 16.4. The normalized spacial score (nSPS) is 14.3. The third kappa shape index (κ3) is 12.3. The number of carbonyl (C=O) groups is 5. The summed E-state index contributed by atoms with van der Waals surface area (Å²) in [5.74, 6) is -4.61. The van der Waals surface area contributed by atoms with Crippen LogP contribution in [0, 0.1) is 5.92 Å². The predicted molar refractivity (Wildman–Crippen MR) is 120 cm³/mol. The van der Waals surface area contributed by atoms with Crippen molar-refractivity contribution in [1.29, 1.82) is 0 Å². The van der Waals surface area contributed by atoms with Crippen molar-refractivity contribution in [1.82, 2.24) is 16.0 Å². The first-order valence-corrected chi connectivity index (χ1v) is 10.5. The number of rotatable bonds is 15. The number of hydrogen-bond acceptors (Lipinski definition) is 7. The minimum atomic E-state index is -1.23. The highest BCUT2D eigenvalue weighted by Gasteiger charge is 2.30. The molecule has 0 aromatic rings. The summed E-state index contributed by atoms with van der Waals surface area (Å²) in [5, 5.41) is 16.6. The number of nitrogens with zero attached hydrogens (tertiary/aromatic N) is 1. The van der Waals surface area contributed by atoms with Crippen molar-refractivity contribution >= 4 is 35.6 Å². The predicted octanol–water partition coefficient (Wildman–Crippen LogP) is -3.15. The summed E-state index contributed by atoms with van der Waals surface area (Å²) in [4.78, 5) is 64.0. The van der Waals surface area contributed by atoms with Gasteiger partial charge in [0.25, 0.3) is 0 Å². The number of carboxylic acid groups (broad SMARTS) is 1. The smallest absolute Gasteiger partial charge is 0.326 e. The molecule has 0 spiro atoms. The Morgan fingerprint density at radius 2 is 1.36 bits per heavy atom. The fourth-order valence-corrected chi connectivity index (χ4v) is 2.67. The first-order chi connectivity index (χ1) is 15.3. The zero-order valence-corrected chi connectivity index (χ0v) is 19.2. The lowest BCUT2D eigenvalue weighted by Crippen LogP contribution is -2.57. The molecular weight excluding hydrogens is 436 g/mol. The van der Waals surface area contributed by atoms with Crippen LogP contribution in [0.4, 0.5) is 0 Å². The van der Waals surface area contributed by atoms with Gasteiger partial charge in [0.2, 0.25) is 23.6 Å². The standard InChI is InChI=1S/C19H36N8O6/c1-9(2)14(18(32)33)27-17(31)11(5-4-8-24-19(22)23)26-16(30)12(6-7-13(21)28)25-15(29)10(3)20/h9-12,14H,4-8,20H2,1-3H3,(H2,21,28)(H,25,29)(H,26,30)(H,27,31)(H,32,33)(H4,22,23,24). The van der Waals surface area contributed by atoms with Gasteiger partial charge >= 0.3 is 5.97 Å². The van der Waals surface area contributed by atoms with E-state index in [1.165, 1.54) is 6.92 Å². The topological polar surface area (TPSA) is 258 Å². The average molecular weight is 473 g/mol. The molecule has 0 aromatic carbocycles. The van der Waals surface area contributed by atoms with Gasteiger partial charge in [-0.25, -0.2) is 4.79 Å². The van der Waals surface area contributed by atoms with E-state index in [9.17, 15) is 29.1 Å². The van der Waals surface area contributed by atoms with Crippen molar-refractivity contribution in [2.45, 2.75) is 70.6 Å². The summed E-state index contributed by atoms with van der Waals surface area (Å²) in [6, 6.07) is -4.45. The third-order valence-electron chi connectivity index (χ3n) is 4.53. The molecule has 0 aromatic heterocycles. The van der Waals surface area contributed by atoms with Crippen molar-refractivity contribution in [3.63, 3.8) is 0 Å². The number of aliphatic carboxylic acids is 1. The van der Waals surface area contributed by atoms with Crippen LogP contribution in [0.2, 0.25) is 0 Å². The maximum atomic E-state index is 12.8. The minimum Gasteiger partial charge on any atom is -0.480 e. The first kappa shape index (κ1) is 29.6. The Labute approximate surface area is 192 Å². The fourth-order valence-electron chi connectivity index (χ4n) is 2.67. The van der Waals surface area contributed by atoms with Gasteiger partial charge in [-0.3, -0.25) is 24.2 Å². The Kier molecular flexibility index (Phi) is 13.1. The van der Waals surface area contributed by atoms with Gasteiger partial charge in [0.15, 0.2) is 5.96 Å². The number of nitrogens with one attached hydrogen (secondary N) is 3. The number of aliphatic imine (C=N–C) groups is 1. The second-order valence-corrected chi connectivity index (χ2v) is 7.93. The van der Waals surface area contributed by atoms with Gasteiger partial charge in [0.1, 0.15) is 18.1 Å². The molecule has 12 N–H and O–H groups in total. The SMILES string of the molecule is CC(N)C(=O)NC(CCC(N)=O)C(=O)NC(CCCN=C(N)N)C(=O)NC(C(=O)O)C(C)C. The number of hydrogen-bond donors (Lipinski definition) is 8. The van der Waals surface area contributed by atoms with Crippen LogP contribution >= 0.6 is 0 Å². The Morgan fingerprint density at radius 1 is 0.848 bits per heavy atom. The van der Waals surface area contributed by atoms with Crippen molar-refractivity contribution in [3.05, 3.63) is 0 Å². The van der Waals surface area contributed by atoms with E-state index in [-0.39, 0.29) is 38.2 Å². The number of primary amides is 1. The van der Waals surface area contributed by atoms with Crippen LogP contribution in [0.5, 0.6) is 0 Å². The molecule has 4 unspecified atom stereocenters. The molecule has 0 heterocycles. The van der Waals surface area contributed by atoms with Gasteiger partial charge in [0, 0.05) is 13.0 Å². The zero-order chi connectivity index (χ0) is 25.7. The fraction of sp³-hybridized carbons (Fsp3) is 0.684. The molecule has 0 saturated carbocycles. The van der Waals surface area contributed by atoms with Gasteiger partial charge in [-0.2, -0.15) is 0 Å².